The number of nitriles is 1. The predicted molar refractivity (Wildman–Crippen MR) is 66.5 cm³/mol. The van der Waals surface area contributed by atoms with E-state index in [1.807, 2.05) is 6.21 Å². The molecule has 17 heavy (non-hydrogen) atoms. The van der Waals surface area contributed by atoms with Gasteiger partial charge in [0.25, 0.3) is 0 Å². The number of nitrogens with zero attached hydrogens (tertiary/aromatic N) is 2. The first-order valence-electron chi connectivity index (χ1n) is 6.09. The molecule has 0 saturated carbocycles. The van der Waals surface area contributed by atoms with Crippen molar-refractivity contribution >= 4 is 6.21 Å². The fourth-order valence-electron chi connectivity index (χ4n) is 2.93. The Labute approximate surface area is 101 Å². The van der Waals surface area contributed by atoms with E-state index in [0.717, 1.165) is 19.3 Å². The number of fused-ring (bicyclic) bond motifs is 1. The summed E-state index contributed by atoms with van der Waals surface area (Å²) in [6, 6.07) is 11.0. The summed E-state index contributed by atoms with van der Waals surface area (Å²) in [4.78, 5) is 0. The summed E-state index contributed by atoms with van der Waals surface area (Å²) in [5.41, 5.74) is 5.38. The molecule has 0 amide bonds. The van der Waals surface area contributed by atoms with Crippen LogP contribution in [-0.2, 0) is 12.8 Å². The smallest absolute Gasteiger partial charge is 0.116 e. The Morgan fingerprint density at radius 3 is 2.88 bits per heavy atom. The zero-order chi connectivity index (χ0) is 11.7. The van der Waals surface area contributed by atoms with Gasteiger partial charge in [-0.3, -0.25) is 0 Å². The summed E-state index contributed by atoms with van der Waals surface area (Å²) in [7, 11) is 0. The maximum absolute atomic E-state index is 9.44. The van der Waals surface area contributed by atoms with Gasteiger partial charge in [-0.15, -0.1) is 0 Å². The average molecular weight is 225 g/mol. The molecule has 3 heteroatoms. The van der Waals surface area contributed by atoms with E-state index >= 15 is 0 Å². The van der Waals surface area contributed by atoms with Crippen molar-refractivity contribution in [2.45, 2.75) is 19.3 Å². The third-order valence-corrected chi connectivity index (χ3v) is 4.04. The summed E-state index contributed by atoms with van der Waals surface area (Å²) in [6.45, 7) is 0.663. The highest BCUT2D eigenvalue weighted by molar-refractivity contribution is 5.72. The number of hydrazone groups is 1. The van der Waals surface area contributed by atoms with E-state index in [4.69, 9.17) is 0 Å². The van der Waals surface area contributed by atoms with Crippen molar-refractivity contribution in [3.63, 3.8) is 0 Å². The van der Waals surface area contributed by atoms with Crippen LogP contribution in [0.1, 0.15) is 17.5 Å². The fourth-order valence-corrected chi connectivity index (χ4v) is 2.93. The Morgan fingerprint density at radius 1 is 1.35 bits per heavy atom. The van der Waals surface area contributed by atoms with Gasteiger partial charge in [0.1, 0.15) is 5.41 Å². The molecule has 1 aromatic carbocycles. The molecule has 2 atom stereocenters. The van der Waals surface area contributed by atoms with Gasteiger partial charge in [-0.2, -0.15) is 10.4 Å². The minimum atomic E-state index is -0.395. The summed E-state index contributed by atoms with van der Waals surface area (Å²) in [5, 5.41) is 13.5. The Balaban J connectivity index is 1.89. The van der Waals surface area contributed by atoms with E-state index in [2.05, 4.69) is 40.9 Å². The lowest BCUT2D eigenvalue weighted by Gasteiger charge is -2.32. The van der Waals surface area contributed by atoms with Crippen molar-refractivity contribution < 1.29 is 0 Å². The van der Waals surface area contributed by atoms with Crippen LogP contribution in [0.3, 0.4) is 0 Å². The van der Waals surface area contributed by atoms with Gasteiger partial charge in [0.2, 0.25) is 0 Å². The van der Waals surface area contributed by atoms with Gasteiger partial charge in [0.05, 0.1) is 12.6 Å². The number of benzene rings is 1. The highest BCUT2D eigenvalue weighted by Gasteiger charge is 2.41. The van der Waals surface area contributed by atoms with Gasteiger partial charge in [-0.1, -0.05) is 24.3 Å². The van der Waals surface area contributed by atoms with E-state index in [1.165, 1.54) is 11.1 Å². The lowest BCUT2D eigenvalue weighted by Crippen LogP contribution is -2.37. The van der Waals surface area contributed by atoms with Crippen molar-refractivity contribution in [2.24, 2.45) is 16.4 Å². The van der Waals surface area contributed by atoms with Crippen molar-refractivity contribution in [3.05, 3.63) is 35.4 Å². The summed E-state index contributed by atoms with van der Waals surface area (Å²) >= 11 is 0. The van der Waals surface area contributed by atoms with Gasteiger partial charge in [-0.25, -0.2) is 0 Å². The number of nitrogens with one attached hydrogen (secondary N) is 1. The number of aryl methyl sites for hydroxylation is 1. The quantitative estimate of drug-likeness (QED) is 0.793. The van der Waals surface area contributed by atoms with Gasteiger partial charge < -0.3 is 5.43 Å². The van der Waals surface area contributed by atoms with E-state index in [0.29, 0.717) is 12.5 Å². The van der Waals surface area contributed by atoms with E-state index in [-0.39, 0.29) is 0 Å². The molecule has 1 aliphatic heterocycles. The van der Waals surface area contributed by atoms with Crippen molar-refractivity contribution in [1.29, 1.82) is 5.26 Å². The molecule has 2 aliphatic rings. The monoisotopic (exact) mass is 225 g/mol. The first-order valence-corrected chi connectivity index (χ1v) is 6.09. The first kappa shape index (κ1) is 10.3. The second-order valence-electron chi connectivity index (χ2n) is 4.95. The van der Waals surface area contributed by atoms with Gasteiger partial charge in [0, 0.05) is 6.21 Å². The Hall–Kier alpha value is -1.82. The second-order valence-corrected chi connectivity index (χ2v) is 4.95. The first-order chi connectivity index (χ1) is 8.34. The zero-order valence-electron chi connectivity index (χ0n) is 9.69. The molecule has 0 radical (unpaired) electrons. The maximum Gasteiger partial charge on any atom is 0.116 e. The van der Waals surface area contributed by atoms with Crippen LogP contribution in [0.4, 0.5) is 0 Å². The van der Waals surface area contributed by atoms with Crippen LogP contribution in [0.25, 0.3) is 0 Å². The minimum Gasteiger partial charge on any atom is -0.308 e. The molecule has 1 aliphatic carbocycles. The van der Waals surface area contributed by atoms with Crippen molar-refractivity contribution in [2.75, 3.05) is 6.54 Å². The van der Waals surface area contributed by atoms with Gasteiger partial charge in [0.15, 0.2) is 0 Å². The van der Waals surface area contributed by atoms with Gasteiger partial charge in [-0.05, 0) is 36.3 Å². The normalized spacial score (nSPS) is 30.4. The molecule has 0 spiro atoms. The van der Waals surface area contributed by atoms with Crippen LogP contribution in [0.5, 0.6) is 0 Å². The Kier molecular flexibility index (Phi) is 2.36. The fraction of sp³-hybridized carbons (Fsp3) is 0.429. The van der Waals surface area contributed by atoms with Crippen molar-refractivity contribution in [1.82, 2.24) is 5.43 Å². The van der Waals surface area contributed by atoms with Crippen molar-refractivity contribution in [3.8, 4) is 6.07 Å². The molecule has 86 valence electrons. The topological polar surface area (TPSA) is 48.2 Å². The van der Waals surface area contributed by atoms with Crippen LogP contribution in [0, 0.1) is 22.7 Å². The molecule has 1 N–H and O–H groups in total. The van der Waals surface area contributed by atoms with Crippen LogP contribution < -0.4 is 5.43 Å². The molecule has 2 unspecified atom stereocenters. The summed E-state index contributed by atoms with van der Waals surface area (Å²) in [6.07, 6.45) is 4.97. The third-order valence-electron chi connectivity index (χ3n) is 4.04. The van der Waals surface area contributed by atoms with Crippen LogP contribution in [-0.4, -0.2) is 12.8 Å². The minimum absolute atomic E-state index is 0.390. The van der Waals surface area contributed by atoms with Crippen LogP contribution in [0.15, 0.2) is 29.4 Å². The molecule has 0 saturated heterocycles. The molecule has 0 fully saturated rings. The average Bonchev–Trinajstić information content (AvgIpc) is 2.88. The van der Waals surface area contributed by atoms with Crippen LogP contribution >= 0.6 is 0 Å². The Bertz CT molecular complexity index is 500. The number of hydrogen-bond donors (Lipinski definition) is 1. The number of rotatable bonds is 1. The number of hydrogen-bond acceptors (Lipinski definition) is 3. The Morgan fingerprint density at radius 2 is 2.18 bits per heavy atom. The SMILES string of the molecule is N#CC1(C2CCc3ccccc3C2)C=NNC1. The third kappa shape index (κ3) is 1.61. The molecular weight excluding hydrogens is 210 g/mol. The highest BCUT2D eigenvalue weighted by Crippen LogP contribution is 2.37. The molecule has 3 nitrogen and oxygen atoms in total. The molecule has 3 rings (SSSR count). The summed E-state index contributed by atoms with van der Waals surface area (Å²) < 4.78 is 0. The molecule has 1 aromatic rings. The highest BCUT2D eigenvalue weighted by atomic mass is 15.3. The van der Waals surface area contributed by atoms with E-state index in [1.54, 1.807) is 0 Å². The predicted octanol–water partition coefficient (Wildman–Crippen LogP) is 1.89. The summed E-state index contributed by atoms with van der Waals surface area (Å²) in [5.74, 6) is 0.390. The zero-order valence-corrected chi connectivity index (χ0v) is 9.69. The molecule has 0 aromatic heterocycles. The second kappa shape index (κ2) is 3.89. The largest absolute Gasteiger partial charge is 0.308 e. The van der Waals surface area contributed by atoms with Crippen LogP contribution in [0.2, 0.25) is 0 Å². The van der Waals surface area contributed by atoms with Gasteiger partial charge >= 0.3 is 0 Å². The molecule has 0 bridgehead atoms. The lowest BCUT2D eigenvalue weighted by molar-refractivity contribution is 0.308. The standard InChI is InChI=1S/C14H15N3/c15-8-14(9-16-17-10-14)13-6-5-11-3-1-2-4-12(11)7-13/h1-4,9,13,17H,5-7,10H2. The van der Waals surface area contributed by atoms with E-state index in [9.17, 15) is 5.26 Å². The molecule has 1 heterocycles. The maximum atomic E-state index is 9.44. The molecular formula is C14H15N3. The lowest BCUT2D eigenvalue weighted by atomic mass is 9.69. The van der Waals surface area contributed by atoms with E-state index < -0.39 is 5.41 Å².